The monoisotopic (exact) mass is 1280 g/mol. The predicted octanol–water partition coefficient (Wildman–Crippen LogP) is 12.9. The fraction of sp³-hybridized carbons (Fsp3) is 0.950. The Bertz CT molecular complexity index is 2600. The number of Topliss-reactive ketones (excluding diaryl/α,β-unsaturated/α-hetero) is 3. The molecule has 12 saturated carbocycles. The van der Waals surface area contributed by atoms with Gasteiger partial charge in [0.25, 0.3) is 0 Å². The first kappa shape index (κ1) is 68.7. The standard InChI is InChI=1S/C28H48N2O2.C27H44N2O3.C25H41NO2/c1-4-13-29-14-16-30(17-15-29)19-26(31)25-8-7-24-23-6-5-20-18-27(2,32)11-9-21(20)22(23)10-12-28(24,25)3;1-18(30)29-14-12-28(13-15-29)17-25(31)24-7-6-23-22-5-4-19-16-26(2,32)10-8-20(19)21(22)9-11-27(23,24)3;1-16-13-26(14-16)15-23(27)22-7-6-21-20-5-4-17-12-24(2,28)10-8-18(17)19(20)9-11-25(21,22)3/h20-25,32H,4-19H2,1-3H3;19-24,32H,4-17H2,1-3H3;16-22,28H,4-15H2,1-3H3/t20-,21+,22-,23-,24+,25-,27-,28+;19-,20-,21+,22+,23-,24+,26+,27-;17-,18-,19+,20+,21-,22+,24+,25-/m100/s1. The number of hydrogen-bond acceptors (Lipinski definition) is 11. The van der Waals surface area contributed by atoms with E-state index >= 15 is 0 Å². The summed E-state index contributed by atoms with van der Waals surface area (Å²) in [5.74, 6) is 15.4. The predicted molar refractivity (Wildman–Crippen MR) is 366 cm³/mol. The molecule has 92 heavy (non-hydrogen) atoms. The molecule has 15 rings (SSSR count). The zero-order valence-corrected chi connectivity index (χ0v) is 59.9. The highest BCUT2D eigenvalue weighted by atomic mass is 16.3. The number of aliphatic hydroxyl groups is 3. The molecule has 3 N–H and O–H groups in total. The molecule has 0 aromatic carbocycles. The van der Waals surface area contributed by atoms with Crippen molar-refractivity contribution >= 4 is 23.3 Å². The Labute approximate surface area is 558 Å². The average molecular weight is 1280 g/mol. The van der Waals surface area contributed by atoms with Gasteiger partial charge in [-0.25, -0.2) is 0 Å². The van der Waals surface area contributed by atoms with Crippen LogP contribution in [-0.4, -0.2) is 172 Å². The van der Waals surface area contributed by atoms with Crippen LogP contribution in [0.2, 0.25) is 0 Å². The van der Waals surface area contributed by atoms with E-state index in [2.05, 4.69) is 68.1 Å². The molecule has 520 valence electrons. The van der Waals surface area contributed by atoms with Crippen molar-refractivity contribution in [1.82, 2.24) is 24.5 Å². The molecule has 0 aromatic rings. The SMILES string of the molecule is CC(=O)N1CCN(CC(=O)[C@H]2CC[C@H]3[C@@H]4CC[C@H]5C[C@](C)(O)CC[C@@H]5[C@H]4CC[C@]23C)CC1.CC1CN(CC(=O)[C@H]2CC[C@H]3[C@@H]4CC[C@H]5C[C@](C)(O)CC[C@@H]5[C@H]4CC[C@]23C)C1.CCCN1CCN(CC(=O)[C@H]2CC[C@H]3[C@@H]4CC[C@@H]5C[C@](C)(O)CC[C@@H]5[C@H]4CC[C@]23C)CC1. The highest BCUT2D eigenvalue weighted by Gasteiger charge is 2.62. The van der Waals surface area contributed by atoms with Crippen molar-refractivity contribution in [2.75, 3.05) is 91.6 Å². The Morgan fingerprint density at radius 1 is 0.370 bits per heavy atom. The minimum absolute atomic E-state index is 0.148. The van der Waals surface area contributed by atoms with E-state index in [1.54, 1.807) is 6.92 Å². The summed E-state index contributed by atoms with van der Waals surface area (Å²) in [6.45, 7) is 32.8. The van der Waals surface area contributed by atoms with Crippen molar-refractivity contribution < 1.29 is 34.5 Å². The summed E-state index contributed by atoms with van der Waals surface area (Å²) in [4.78, 5) is 63.4. The van der Waals surface area contributed by atoms with Gasteiger partial charge in [0.1, 0.15) is 17.3 Å². The van der Waals surface area contributed by atoms with E-state index < -0.39 is 16.8 Å². The molecule has 1 amide bonds. The van der Waals surface area contributed by atoms with E-state index in [0.717, 1.165) is 212 Å². The lowest BCUT2D eigenvalue weighted by atomic mass is 9.49. The maximum absolute atomic E-state index is 13.6. The molecule has 0 aromatic heterocycles. The Kier molecular flexibility index (Phi) is 20.2. The lowest BCUT2D eigenvalue weighted by molar-refractivity contribution is -0.135. The molecule has 15 aliphatic rings. The van der Waals surface area contributed by atoms with Gasteiger partial charge in [-0.05, 0) is 318 Å². The van der Waals surface area contributed by atoms with E-state index in [1.165, 1.54) is 129 Å². The van der Waals surface area contributed by atoms with Gasteiger partial charge in [-0.15, -0.1) is 0 Å². The van der Waals surface area contributed by atoms with Gasteiger partial charge in [0.15, 0.2) is 0 Å². The molecule has 3 aliphatic heterocycles. The number of amides is 1. The van der Waals surface area contributed by atoms with Crippen molar-refractivity contribution in [2.45, 2.75) is 259 Å². The van der Waals surface area contributed by atoms with Crippen LogP contribution in [-0.2, 0) is 19.2 Å². The average Bonchev–Trinajstić information content (AvgIpc) is 1.53. The first-order valence-electron chi connectivity index (χ1n) is 39.7. The topological polar surface area (TPSA) is 145 Å². The van der Waals surface area contributed by atoms with Crippen molar-refractivity contribution in [3.05, 3.63) is 0 Å². The summed E-state index contributed by atoms with van der Waals surface area (Å²) in [5, 5.41) is 31.8. The van der Waals surface area contributed by atoms with Gasteiger partial charge in [-0.1, -0.05) is 34.6 Å². The smallest absolute Gasteiger partial charge is 0.219 e. The quantitative estimate of drug-likeness (QED) is 0.182. The fourth-order valence-electron chi connectivity index (χ4n) is 27.5. The molecule has 0 radical (unpaired) electrons. The number of carbonyl (C=O) groups is 4. The van der Waals surface area contributed by atoms with Gasteiger partial charge in [-0.2, -0.15) is 0 Å². The lowest BCUT2D eigenvalue weighted by Crippen LogP contribution is -2.52. The third-order valence-electron chi connectivity index (χ3n) is 32.0. The van der Waals surface area contributed by atoms with Crippen LogP contribution in [0.1, 0.15) is 242 Å². The molecule has 15 fully saturated rings. The number of nitrogens with zero attached hydrogens (tertiary/aromatic N) is 5. The second-order valence-corrected chi connectivity index (χ2v) is 37.6. The van der Waals surface area contributed by atoms with E-state index in [1.807, 2.05) is 11.8 Å². The number of fused-ring (bicyclic) bond motifs is 15. The Balaban J connectivity index is 0.000000126. The Morgan fingerprint density at radius 2 is 0.685 bits per heavy atom. The number of piperazine rings is 2. The zero-order chi connectivity index (χ0) is 64.9. The summed E-state index contributed by atoms with van der Waals surface area (Å²) in [7, 11) is 0. The summed E-state index contributed by atoms with van der Waals surface area (Å²) in [6, 6.07) is 0. The molecule has 12 aliphatic carbocycles. The van der Waals surface area contributed by atoms with Gasteiger partial charge in [-0.3, -0.25) is 33.9 Å². The zero-order valence-electron chi connectivity index (χ0n) is 59.9. The summed E-state index contributed by atoms with van der Waals surface area (Å²) in [5.41, 5.74) is -0.595. The molecule has 3 saturated heterocycles. The van der Waals surface area contributed by atoms with Gasteiger partial charge in [0, 0.05) is 90.1 Å². The minimum atomic E-state index is -0.446. The number of likely N-dealkylation sites (tertiary alicyclic amines) is 1. The number of carbonyl (C=O) groups excluding carboxylic acids is 4. The first-order chi connectivity index (χ1) is 43.7. The maximum atomic E-state index is 13.6. The van der Waals surface area contributed by atoms with Crippen LogP contribution in [0.3, 0.4) is 0 Å². The molecular weight excluding hydrogens is 1140 g/mol. The van der Waals surface area contributed by atoms with Crippen molar-refractivity contribution in [1.29, 1.82) is 0 Å². The minimum Gasteiger partial charge on any atom is -0.390 e. The number of ketones is 3. The highest BCUT2D eigenvalue weighted by Crippen LogP contribution is 2.68. The Morgan fingerprint density at radius 3 is 1.01 bits per heavy atom. The molecule has 12 nitrogen and oxygen atoms in total. The van der Waals surface area contributed by atoms with Crippen LogP contribution in [0.5, 0.6) is 0 Å². The third kappa shape index (κ3) is 13.6. The van der Waals surface area contributed by atoms with Crippen molar-refractivity contribution in [2.24, 2.45) is 129 Å². The molecule has 0 spiro atoms. The molecule has 0 bridgehead atoms. The van der Waals surface area contributed by atoms with Crippen LogP contribution >= 0.6 is 0 Å². The molecule has 24 atom stereocenters. The van der Waals surface area contributed by atoms with Crippen LogP contribution in [0.25, 0.3) is 0 Å². The Hall–Kier alpha value is -1.80. The maximum Gasteiger partial charge on any atom is 0.219 e. The van der Waals surface area contributed by atoms with Crippen molar-refractivity contribution in [3.63, 3.8) is 0 Å². The van der Waals surface area contributed by atoms with Gasteiger partial charge >= 0.3 is 0 Å². The summed E-state index contributed by atoms with van der Waals surface area (Å²) in [6.07, 6.45) is 33.7. The second-order valence-electron chi connectivity index (χ2n) is 37.6. The van der Waals surface area contributed by atoms with E-state index in [4.69, 9.17) is 0 Å². The lowest BCUT2D eigenvalue weighted by Gasteiger charge is -2.57. The third-order valence-corrected chi connectivity index (χ3v) is 32.0. The van der Waals surface area contributed by atoms with E-state index in [0.29, 0.717) is 54.7 Å². The van der Waals surface area contributed by atoms with Crippen LogP contribution in [0.4, 0.5) is 0 Å². The molecular formula is C80H133N5O7. The number of hydrogen-bond donors (Lipinski definition) is 3. The van der Waals surface area contributed by atoms with Crippen LogP contribution in [0.15, 0.2) is 0 Å². The normalized spacial score (nSPS) is 48.5. The number of rotatable bonds is 11. The fourth-order valence-corrected chi connectivity index (χ4v) is 27.5. The van der Waals surface area contributed by atoms with Gasteiger partial charge < -0.3 is 25.1 Å². The molecule has 3 heterocycles. The first-order valence-corrected chi connectivity index (χ1v) is 39.7. The molecule has 0 unspecified atom stereocenters. The van der Waals surface area contributed by atoms with E-state index in [9.17, 15) is 34.5 Å². The molecule has 12 heteroatoms. The largest absolute Gasteiger partial charge is 0.390 e. The van der Waals surface area contributed by atoms with Crippen molar-refractivity contribution in [3.8, 4) is 0 Å². The highest BCUT2D eigenvalue weighted by molar-refractivity contribution is 5.85. The van der Waals surface area contributed by atoms with Gasteiger partial charge in [0.2, 0.25) is 5.91 Å². The van der Waals surface area contributed by atoms with Gasteiger partial charge in [0.05, 0.1) is 36.4 Å². The van der Waals surface area contributed by atoms with Crippen LogP contribution < -0.4 is 0 Å². The van der Waals surface area contributed by atoms with E-state index in [-0.39, 0.29) is 28.1 Å². The van der Waals surface area contributed by atoms with Crippen LogP contribution in [0, 0.1) is 129 Å². The summed E-state index contributed by atoms with van der Waals surface area (Å²) < 4.78 is 0. The summed E-state index contributed by atoms with van der Waals surface area (Å²) >= 11 is 0. The second kappa shape index (κ2) is 27.0.